The number of carbonyl (C=O) groups excluding carboxylic acids is 1. The van der Waals surface area contributed by atoms with E-state index in [1.54, 1.807) is 0 Å². The van der Waals surface area contributed by atoms with Crippen LogP contribution in [0.25, 0.3) is 0 Å². The van der Waals surface area contributed by atoms with E-state index in [2.05, 4.69) is 26.4 Å². The molecule has 1 amide bonds. The minimum absolute atomic E-state index is 0.0202. The van der Waals surface area contributed by atoms with Crippen LogP contribution in [0, 0.1) is 5.82 Å². The number of carbonyl (C=O) groups is 1. The summed E-state index contributed by atoms with van der Waals surface area (Å²) in [4.78, 5) is 11.6. The summed E-state index contributed by atoms with van der Waals surface area (Å²) in [6.45, 7) is 0.320. The summed E-state index contributed by atoms with van der Waals surface area (Å²) in [6.07, 6.45) is 0.870. The normalized spacial score (nSPS) is 11.3. The molecule has 0 atom stereocenters. The first-order chi connectivity index (χ1) is 8.54. The third kappa shape index (κ3) is 4.33. The Morgan fingerprint density at radius 1 is 1.56 bits per heavy atom. The van der Waals surface area contributed by atoms with E-state index < -0.39 is 11.7 Å². The topological polar surface area (TPSA) is 87.7 Å². The van der Waals surface area contributed by atoms with Crippen molar-refractivity contribution < 1.29 is 14.4 Å². The summed E-state index contributed by atoms with van der Waals surface area (Å²) in [6, 6.07) is 4.15. The zero-order valence-electron chi connectivity index (χ0n) is 9.49. The summed E-state index contributed by atoms with van der Waals surface area (Å²) in [5, 5.41) is 13.7. The number of rotatable bonds is 5. The van der Waals surface area contributed by atoms with E-state index in [0.29, 0.717) is 23.9 Å². The minimum Gasteiger partial charge on any atom is -0.409 e. The first-order valence-electron chi connectivity index (χ1n) is 5.24. The van der Waals surface area contributed by atoms with Crippen LogP contribution in [0.15, 0.2) is 27.8 Å². The van der Waals surface area contributed by atoms with Gasteiger partial charge in [-0.05, 0) is 24.6 Å². The van der Waals surface area contributed by atoms with Gasteiger partial charge in [0.2, 0.25) is 0 Å². The van der Waals surface area contributed by atoms with Crippen LogP contribution in [0.1, 0.15) is 23.2 Å². The van der Waals surface area contributed by atoms with Crippen molar-refractivity contribution in [1.29, 1.82) is 0 Å². The number of halogens is 2. The average molecular weight is 318 g/mol. The number of amidine groups is 1. The van der Waals surface area contributed by atoms with Gasteiger partial charge < -0.3 is 16.3 Å². The molecule has 4 N–H and O–H groups in total. The molecule has 0 saturated carbocycles. The zero-order chi connectivity index (χ0) is 13.5. The fourth-order valence-electron chi connectivity index (χ4n) is 1.29. The van der Waals surface area contributed by atoms with Gasteiger partial charge >= 0.3 is 0 Å². The molecule has 0 aliphatic rings. The quantitative estimate of drug-likeness (QED) is 0.254. The van der Waals surface area contributed by atoms with Crippen molar-refractivity contribution in [2.75, 3.05) is 6.54 Å². The van der Waals surface area contributed by atoms with Gasteiger partial charge in [0.05, 0.1) is 5.56 Å². The Morgan fingerprint density at radius 2 is 2.28 bits per heavy atom. The number of nitrogens with zero attached hydrogens (tertiary/aromatic N) is 1. The highest BCUT2D eigenvalue weighted by Gasteiger charge is 2.11. The first-order valence-corrected chi connectivity index (χ1v) is 6.03. The lowest BCUT2D eigenvalue weighted by Crippen LogP contribution is -2.26. The molecular formula is C11H13BrFN3O2. The fourth-order valence-corrected chi connectivity index (χ4v) is 1.65. The highest BCUT2D eigenvalue weighted by molar-refractivity contribution is 9.10. The Hall–Kier alpha value is -1.63. The van der Waals surface area contributed by atoms with Gasteiger partial charge in [0.15, 0.2) is 0 Å². The number of nitrogens with two attached hydrogens (primary N) is 1. The second-order valence-corrected chi connectivity index (χ2v) is 4.49. The van der Waals surface area contributed by atoms with Crippen LogP contribution < -0.4 is 11.1 Å². The standard InChI is InChI=1S/C11H13BrFN3O2/c12-7-3-4-9(13)8(6-7)11(17)15-5-1-2-10(14)16-18/h3-4,6,18H,1-2,5H2,(H2,14,16)(H,15,17). The van der Waals surface area contributed by atoms with Crippen LogP contribution in [0.4, 0.5) is 4.39 Å². The first kappa shape index (κ1) is 14.4. The molecule has 5 nitrogen and oxygen atoms in total. The fraction of sp³-hybridized carbons (Fsp3) is 0.273. The molecule has 0 unspecified atom stereocenters. The minimum atomic E-state index is -0.577. The summed E-state index contributed by atoms with van der Waals surface area (Å²) < 4.78 is 14.0. The number of nitrogens with one attached hydrogen (secondary N) is 1. The van der Waals surface area contributed by atoms with Gasteiger partial charge in [0.1, 0.15) is 11.7 Å². The summed E-state index contributed by atoms with van der Waals surface area (Å²) >= 11 is 3.17. The van der Waals surface area contributed by atoms with Crippen molar-refractivity contribution in [2.24, 2.45) is 10.9 Å². The van der Waals surface area contributed by atoms with E-state index >= 15 is 0 Å². The van der Waals surface area contributed by atoms with Crippen LogP contribution in [0.2, 0.25) is 0 Å². The van der Waals surface area contributed by atoms with E-state index in [4.69, 9.17) is 10.9 Å². The van der Waals surface area contributed by atoms with Crippen molar-refractivity contribution in [2.45, 2.75) is 12.8 Å². The van der Waals surface area contributed by atoms with Gasteiger partial charge in [-0.2, -0.15) is 0 Å². The molecule has 0 radical (unpaired) electrons. The Bertz CT molecular complexity index is 466. The smallest absolute Gasteiger partial charge is 0.254 e. The maximum atomic E-state index is 13.4. The van der Waals surface area contributed by atoms with Crippen LogP contribution >= 0.6 is 15.9 Å². The van der Waals surface area contributed by atoms with Crippen LogP contribution in [0.3, 0.4) is 0 Å². The predicted molar refractivity (Wildman–Crippen MR) is 69.1 cm³/mol. The van der Waals surface area contributed by atoms with Crippen molar-refractivity contribution in [1.82, 2.24) is 5.32 Å². The third-order valence-electron chi connectivity index (χ3n) is 2.20. The molecule has 0 fully saturated rings. The van der Waals surface area contributed by atoms with E-state index in [9.17, 15) is 9.18 Å². The Morgan fingerprint density at radius 3 is 2.94 bits per heavy atom. The number of hydrogen-bond acceptors (Lipinski definition) is 3. The number of amides is 1. The Kier molecular flexibility index (Phi) is 5.57. The van der Waals surface area contributed by atoms with Gasteiger partial charge in [-0.1, -0.05) is 21.1 Å². The molecule has 0 bridgehead atoms. The maximum Gasteiger partial charge on any atom is 0.254 e. The van der Waals surface area contributed by atoms with Crippen molar-refractivity contribution in [3.05, 3.63) is 34.1 Å². The highest BCUT2D eigenvalue weighted by atomic mass is 79.9. The summed E-state index contributed by atoms with van der Waals surface area (Å²) in [5.74, 6) is -0.974. The monoisotopic (exact) mass is 317 g/mol. The molecule has 0 spiro atoms. The predicted octanol–water partition coefficient (Wildman–Crippen LogP) is 1.84. The van der Waals surface area contributed by atoms with Crippen LogP contribution in [-0.2, 0) is 0 Å². The largest absolute Gasteiger partial charge is 0.409 e. The highest BCUT2D eigenvalue weighted by Crippen LogP contribution is 2.15. The van der Waals surface area contributed by atoms with E-state index in [0.717, 1.165) is 0 Å². The van der Waals surface area contributed by atoms with Crippen LogP contribution in [-0.4, -0.2) is 23.5 Å². The molecule has 0 aromatic heterocycles. The van der Waals surface area contributed by atoms with Gasteiger partial charge in [-0.25, -0.2) is 4.39 Å². The molecular weight excluding hydrogens is 305 g/mol. The average Bonchev–Trinajstić information content (AvgIpc) is 2.36. The van der Waals surface area contributed by atoms with Crippen molar-refractivity contribution >= 4 is 27.7 Å². The molecule has 1 aromatic carbocycles. The van der Waals surface area contributed by atoms with Gasteiger partial charge in [-0.15, -0.1) is 0 Å². The van der Waals surface area contributed by atoms with Crippen LogP contribution in [0.5, 0.6) is 0 Å². The molecule has 0 aliphatic heterocycles. The van der Waals surface area contributed by atoms with Gasteiger partial charge in [0.25, 0.3) is 5.91 Å². The molecule has 7 heteroatoms. The molecule has 0 aliphatic carbocycles. The van der Waals surface area contributed by atoms with Crippen molar-refractivity contribution in [3.8, 4) is 0 Å². The zero-order valence-corrected chi connectivity index (χ0v) is 11.1. The lowest BCUT2D eigenvalue weighted by Gasteiger charge is -2.06. The molecule has 0 saturated heterocycles. The lowest BCUT2D eigenvalue weighted by molar-refractivity contribution is 0.0949. The lowest BCUT2D eigenvalue weighted by atomic mass is 10.2. The summed E-state index contributed by atoms with van der Waals surface area (Å²) in [7, 11) is 0. The van der Waals surface area contributed by atoms with E-state index in [1.807, 2.05) is 0 Å². The second kappa shape index (κ2) is 6.95. The molecule has 1 aromatic rings. The van der Waals surface area contributed by atoms with Gasteiger partial charge in [-0.3, -0.25) is 4.79 Å². The number of oxime groups is 1. The third-order valence-corrected chi connectivity index (χ3v) is 2.69. The Balaban J connectivity index is 2.48. The van der Waals surface area contributed by atoms with E-state index in [1.165, 1.54) is 18.2 Å². The number of benzene rings is 1. The molecule has 18 heavy (non-hydrogen) atoms. The van der Waals surface area contributed by atoms with Gasteiger partial charge in [0, 0.05) is 17.4 Å². The van der Waals surface area contributed by atoms with Crippen molar-refractivity contribution in [3.63, 3.8) is 0 Å². The second-order valence-electron chi connectivity index (χ2n) is 3.57. The Labute approximate surface area is 112 Å². The number of hydrogen-bond donors (Lipinski definition) is 3. The molecule has 1 rings (SSSR count). The molecule has 98 valence electrons. The maximum absolute atomic E-state index is 13.4. The molecule has 0 heterocycles. The van der Waals surface area contributed by atoms with E-state index in [-0.39, 0.29) is 11.4 Å². The summed E-state index contributed by atoms with van der Waals surface area (Å²) in [5.41, 5.74) is 5.25. The SMILES string of the molecule is NC(CCCNC(=O)c1cc(Br)ccc1F)=NO.